The van der Waals surface area contributed by atoms with Crippen LogP contribution in [0.2, 0.25) is 0 Å². The lowest BCUT2D eigenvalue weighted by Gasteiger charge is -2.29. The summed E-state index contributed by atoms with van der Waals surface area (Å²) in [6.07, 6.45) is 0. The van der Waals surface area contributed by atoms with Crippen LogP contribution >= 0.6 is 27.3 Å². The number of aromatic nitrogens is 1. The van der Waals surface area contributed by atoms with Crippen molar-refractivity contribution in [2.24, 2.45) is 0 Å². The molecular weight excluding hydrogens is 510 g/mol. The fraction of sp³-hybridized carbons (Fsp3) is 0.435. The molecule has 0 fully saturated rings. The highest BCUT2D eigenvalue weighted by Gasteiger charge is 2.44. The number of aliphatic hydroxyl groups excluding tert-OH is 1. The molecule has 0 saturated carbocycles. The van der Waals surface area contributed by atoms with Gasteiger partial charge >= 0.3 is 0 Å². The van der Waals surface area contributed by atoms with Crippen LogP contribution in [0.5, 0.6) is 11.5 Å². The number of carbonyl (C=O) groups excluding carboxylic acids is 2. The Morgan fingerprint density at radius 1 is 1.27 bits per heavy atom. The highest BCUT2D eigenvalue weighted by molar-refractivity contribution is 9.10. The van der Waals surface area contributed by atoms with Crippen LogP contribution < -0.4 is 4.74 Å². The van der Waals surface area contributed by atoms with Crippen molar-refractivity contribution in [1.29, 1.82) is 0 Å². The predicted molar refractivity (Wildman–Crippen MR) is 130 cm³/mol. The van der Waals surface area contributed by atoms with Gasteiger partial charge in [0.25, 0.3) is 5.91 Å². The fourth-order valence-electron chi connectivity index (χ4n) is 4.02. The van der Waals surface area contributed by atoms with E-state index in [4.69, 9.17) is 4.74 Å². The van der Waals surface area contributed by atoms with Crippen molar-refractivity contribution in [3.63, 3.8) is 0 Å². The first-order chi connectivity index (χ1) is 15.6. The Balaban J connectivity index is 2.13. The summed E-state index contributed by atoms with van der Waals surface area (Å²) in [6, 6.07) is 2.38. The number of methoxy groups -OCH3 is 1. The van der Waals surface area contributed by atoms with Crippen LogP contribution in [-0.2, 0) is 4.79 Å². The zero-order valence-electron chi connectivity index (χ0n) is 19.3. The van der Waals surface area contributed by atoms with Gasteiger partial charge in [0.05, 0.1) is 38.8 Å². The molecule has 0 bridgehead atoms. The number of Topliss-reactive ketones (excluding diaryl/α,β-unsaturated/α-hetero) is 1. The van der Waals surface area contributed by atoms with E-state index in [0.717, 1.165) is 18.1 Å². The second kappa shape index (κ2) is 10.2. The number of benzene rings is 1. The molecule has 33 heavy (non-hydrogen) atoms. The normalized spacial score (nSPS) is 16.3. The van der Waals surface area contributed by atoms with Gasteiger partial charge in [0.15, 0.2) is 17.3 Å². The van der Waals surface area contributed by atoms with Gasteiger partial charge in [0.1, 0.15) is 0 Å². The number of phenols is 1. The highest BCUT2D eigenvalue weighted by Crippen LogP contribution is 2.44. The summed E-state index contributed by atoms with van der Waals surface area (Å²) in [7, 11) is 1.42. The minimum absolute atomic E-state index is 0.00550. The number of ether oxygens (including phenoxy) is 1. The molecule has 1 aliphatic heterocycles. The Morgan fingerprint density at radius 2 is 1.94 bits per heavy atom. The monoisotopic (exact) mass is 537 g/mol. The molecule has 10 heteroatoms. The summed E-state index contributed by atoms with van der Waals surface area (Å²) in [4.78, 5) is 35.1. The van der Waals surface area contributed by atoms with Crippen LogP contribution in [0.4, 0.5) is 0 Å². The van der Waals surface area contributed by atoms with Crippen LogP contribution in [0.15, 0.2) is 27.9 Å². The maximum Gasteiger partial charge on any atom is 0.290 e. The second-order valence-electron chi connectivity index (χ2n) is 7.72. The number of hydrogen-bond donors (Lipinski definition) is 2. The number of phenolic OH excluding ortho intramolecular Hbond substituents is 1. The number of halogens is 1. The molecule has 1 aromatic carbocycles. The summed E-state index contributed by atoms with van der Waals surface area (Å²) >= 11 is 4.56. The Labute approximate surface area is 205 Å². The van der Waals surface area contributed by atoms with Gasteiger partial charge in [-0.25, -0.2) is 4.98 Å². The molecule has 1 aliphatic rings. The van der Waals surface area contributed by atoms with Gasteiger partial charge in [0.2, 0.25) is 5.78 Å². The molecule has 2 heterocycles. The van der Waals surface area contributed by atoms with Gasteiger partial charge in [-0.1, -0.05) is 13.8 Å². The van der Waals surface area contributed by atoms with Crippen molar-refractivity contribution in [2.75, 3.05) is 33.3 Å². The molecular formula is C23H28BrN3O5S. The first-order valence-corrected chi connectivity index (χ1v) is 12.3. The summed E-state index contributed by atoms with van der Waals surface area (Å²) in [5.41, 5.74) is 1.10. The van der Waals surface area contributed by atoms with E-state index in [1.54, 1.807) is 26.0 Å². The number of hydrogen-bond acceptors (Lipinski definition) is 8. The first kappa shape index (κ1) is 25.2. The molecule has 8 nitrogen and oxygen atoms in total. The molecule has 1 atom stereocenters. The number of nitrogens with zero attached hydrogens (tertiary/aromatic N) is 3. The fourth-order valence-corrected chi connectivity index (χ4v) is 5.36. The molecule has 0 spiro atoms. The molecule has 0 radical (unpaired) electrons. The lowest BCUT2D eigenvalue weighted by Crippen LogP contribution is -2.38. The summed E-state index contributed by atoms with van der Waals surface area (Å²) in [6.45, 7) is 10.1. The van der Waals surface area contributed by atoms with E-state index < -0.39 is 23.5 Å². The molecule has 0 saturated heterocycles. The van der Waals surface area contributed by atoms with Gasteiger partial charge in [-0.2, -0.15) is 0 Å². The summed E-state index contributed by atoms with van der Waals surface area (Å²) < 4.78 is 5.65. The number of aromatic hydroxyl groups is 1. The lowest BCUT2D eigenvalue weighted by atomic mass is 9.94. The molecule has 1 unspecified atom stereocenters. The number of ketones is 1. The van der Waals surface area contributed by atoms with Crippen molar-refractivity contribution < 1.29 is 24.5 Å². The van der Waals surface area contributed by atoms with Crippen molar-refractivity contribution >= 4 is 39.0 Å². The average Bonchev–Trinajstić information content (AvgIpc) is 3.26. The molecule has 2 aromatic rings. The van der Waals surface area contributed by atoms with Crippen LogP contribution in [0.25, 0.3) is 0 Å². The number of aliphatic hydroxyl groups is 1. The van der Waals surface area contributed by atoms with Gasteiger partial charge in [0, 0.05) is 13.1 Å². The van der Waals surface area contributed by atoms with Crippen LogP contribution in [0.1, 0.15) is 45.8 Å². The zero-order valence-corrected chi connectivity index (χ0v) is 21.7. The maximum atomic E-state index is 13.6. The Bertz CT molecular complexity index is 1110. The Hall–Kier alpha value is -2.43. The number of amides is 1. The third kappa shape index (κ3) is 4.78. The van der Waals surface area contributed by atoms with Crippen molar-refractivity contribution in [2.45, 2.75) is 33.7 Å². The Kier molecular flexibility index (Phi) is 7.81. The second-order valence-corrected chi connectivity index (χ2v) is 9.78. The van der Waals surface area contributed by atoms with Gasteiger partial charge in [-0.05, 0) is 60.6 Å². The topological polar surface area (TPSA) is 103 Å². The van der Waals surface area contributed by atoms with Crippen molar-refractivity contribution in [1.82, 2.24) is 14.8 Å². The van der Waals surface area contributed by atoms with E-state index in [-0.39, 0.29) is 17.1 Å². The third-order valence-electron chi connectivity index (χ3n) is 5.80. The van der Waals surface area contributed by atoms with Crippen LogP contribution in [-0.4, -0.2) is 70.0 Å². The number of likely N-dealkylation sites (N-methyl/N-ethyl adjacent to an activating group) is 1. The van der Waals surface area contributed by atoms with E-state index in [9.17, 15) is 19.8 Å². The number of carbonyl (C=O) groups is 2. The van der Waals surface area contributed by atoms with Gasteiger partial charge < -0.3 is 24.7 Å². The van der Waals surface area contributed by atoms with E-state index in [1.165, 1.54) is 23.3 Å². The Morgan fingerprint density at radius 3 is 2.48 bits per heavy atom. The van der Waals surface area contributed by atoms with Crippen LogP contribution in [0, 0.1) is 13.8 Å². The predicted octanol–water partition coefficient (Wildman–Crippen LogP) is 4.16. The van der Waals surface area contributed by atoms with E-state index >= 15 is 0 Å². The van der Waals surface area contributed by atoms with Crippen molar-refractivity contribution in [3.8, 4) is 11.5 Å². The molecule has 1 aromatic heterocycles. The van der Waals surface area contributed by atoms with Crippen LogP contribution in [0.3, 0.4) is 0 Å². The maximum absolute atomic E-state index is 13.6. The molecule has 178 valence electrons. The zero-order chi connectivity index (χ0) is 24.4. The first-order valence-electron chi connectivity index (χ1n) is 10.7. The van der Waals surface area contributed by atoms with E-state index in [2.05, 4.69) is 25.8 Å². The largest absolute Gasteiger partial charge is 0.503 e. The number of rotatable bonds is 9. The number of thiazole rings is 1. The molecule has 2 N–H and O–H groups in total. The molecule has 0 aliphatic carbocycles. The van der Waals surface area contributed by atoms with E-state index in [1.807, 2.05) is 13.8 Å². The highest BCUT2D eigenvalue weighted by atomic mass is 79.9. The minimum atomic E-state index is -0.840. The summed E-state index contributed by atoms with van der Waals surface area (Å²) in [5.74, 6) is -1.48. The number of aryl methyl sites for hydroxylation is 2. The SMILES string of the molecule is CCN(CC)CCN1C(=O)C(O)=C(C(=O)c2sc(C)nc2C)C1c1cc(Br)c(O)c(OC)c1. The third-order valence-corrected chi connectivity index (χ3v) is 7.47. The van der Waals surface area contributed by atoms with Gasteiger partial charge in [-0.15, -0.1) is 11.3 Å². The summed E-state index contributed by atoms with van der Waals surface area (Å²) in [5, 5.41) is 21.9. The molecule has 3 rings (SSSR count). The smallest absolute Gasteiger partial charge is 0.290 e. The van der Waals surface area contributed by atoms with Crippen molar-refractivity contribution in [3.05, 3.63) is 49.1 Å². The minimum Gasteiger partial charge on any atom is -0.503 e. The average molecular weight is 538 g/mol. The lowest BCUT2D eigenvalue weighted by molar-refractivity contribution is -0.129. The standard InChI is InChI=1S/C23H28BrN3O5S/c1-6-26(7-2)8-9-27-18(14-10-15(24)19(28)16(11-14)32-5)17(21(30)23(27)31)20(29)22-12(3)25-13(4)33-22/h10-11,18,28,30H,6-9H2,1-5H3. The van der Waals surface area contributed by atoms with E-state index in [0.29, 0.717) is 33.7 Å². The molecule has 1 amide bonds. The quantitative estimate of drug-likeness (QED) is 0.463. The van der Waals surface area contributed by atoms with Gasteiger partial charge in [-0.3, -0.25) is 9.59 Å².